The van der Waals surface area contributed by atoms with Crippen molar-refractivity contribution >= 4 is 40.2 Å². The van der Waals surface area contributed by atoms with E-state index in [1.165, 1.54) is 12.4 Å². The molecule has 7 heteroatoms. The second-order valence-corrected chi connectivity index (χ2v) is 5.52. The summed E-state index contributed by atoms with van der Waals surface area (Å²) >= 11 is 0. The molecule has 0 atom stereocenters. The molecule has 26 heavy (non-hydrogen) atoms. The van der Waals surface area contributed by atoms with Gasteiger partial charge in [-0.2, -0.15) is 0 Å². The molecule has 0 fully saturated rings. The topological polar surface area (TPSA) is 117 Å². The average Bonchev–Trinajstić information content (AvgIpc) is 2.68. The molecule has 0 saturated carbocycles. The van der Waals surface area contributed by atoms with Gasteiger partial charge >= 0.3 is 0 Å². The Morgan fingerprint density at radius 1 is 1.15 bits per heavy atom. The lowest BCUT2D eigenvalue weighted by molar-refractivity contribution is 0.0963. The Kier molecular flexibility index (Phi) is 4.89. The van der Waals surface area contributed by atoms with Crippen molar-refractivity contribution in [1.82, 2.24) is 15.3 Å². The predicted molar refractivity (Wildman–Crippen MR) is 104 cm³/mol. The van der Waals surface area contributed by atoms with Gasteiger partial charge in [0, 0.05) is 47.9 Å². The molecule has 0 spiro atoms. The van der Waals surface area contributed by atoms with Gasteiger partial charge in [-0.25, -0.2) is 9.97 Å². The second kappa shape index (κ2) is 7.43. The van der Waals surface area contributed by atoms with Crippen LogP contribution in [-0.4, -0.2) is 29.1 Å². The van der Waals surface area contributed by atoms with Gasteiger partial charge < -0.3 is 21.8 Å². The summed E-state index contributed by atoms with van der Waals surface area (Å²) in [7, 11) is 1.59. The van der Waals surface area contributed by atoms with Crippen molar-refractivity contribution in [2.45, 2.75) is 0 Å². The fourth-order valence-corrected chi connectivity index (χ4v) is 2.47. The van der Waals surface area contributed by atoms with Gasteiger partial charge in [0.2, 0.25) is 5.95 Å². The van der Waals surface area contributed by atoms with Crippen LogP contribution in [0.4, 0.5) is 11.6 Å². The van der Waals surface area contributed by atoms with E-state index in [1.807, 2.05) is 18.2 Å². The highest BCUT2D eigenvalue weighted by Gasteiger charge is 2.06. The minimum atomic E-state index is -0.138. The van der Waals surface area contributed by atoms with Gasteiger partial charge in [0.1, 0.15) is 0 Å². The number of carbonyl (C=O) groups excluding carboxylic acids is 1. The Hall–Kier alpha value is -3.74. The van der Waals surface area contributed by atoms with Crippen LogP contribution in [0.2, 0.25) is 0 Å². The molecule has 0 aliphatic heterocycles. The SMILES string of the molecule is CNC(=O)c1ccc(Nc2ncc3ccc(/C(C=N)=C/N)cc3n2)cc1. The predicted octanol–water partition coefficient (Wildman–Crippen LogP) is 2.68. The summed E-state index contributed by atoms with van der Waals surface area (Å²) < 4.78 is 0. The lowest BCUT2D eigenvalue weighted by Crippen LogP contribution is -2.17. The Bertz CT molecular complexity index is 995. The Labute approximate surface area is 150 Å². The number of hydrogen-bond acceptors (Lipinski definition) is 6. The normalized spacial score (nSPS) is 11.2. The molecular weight excluding hydrogens is 328 g/mol. The number of benzene rings is 2. The monoisotopic (exact) mass is 346 g/mol. The Morgan fingerprint density at radius 3 is 2.54 bits per heavy atom. The van der Waals surface area contributed by atoms with Gasteiger partial charge in [0.15, 0.2) is 0 Å². The largest absolute Gasteiger partial charge is 0.404 e. The van der Waals surface area contributed by atoms with Crippen LogP contribution in [0.3, 0.4) is 0 Å². The molecule has 3 rings (SSSR count). The molecule has 0 bridgehead atoms. The number of amides is 1. The van der Waals surface area contributed by atoms with Crippen molar-refractivity contribution < 1.29 is 4.79 Å². The van der Waals surface area contributed by atoms with Crippen LogP contribution in [0.5, 0.6) is 0 Å². The van der Waals surface area contributed by atoms with Gasteiger partial charge in [0.05, 0.1) is 5.52 Å². The number of nitrogens with zero attached hydrogens (tertiary/aromatic N) is 2. The van der Waals surface area contributed by atoms with E-state index >= 15 is 0 Å². The summed E-state index contributed by atoms with van der Waals surface area (Å²) in [5, 5.41) is 14.0. The highest BCUT2D eigenvalue weighted by atomic mass is 16.1. The zero-order valence-electron chi connectivity index (χ0n) is 14.2. The van der Waals surface area contributed by atoms with Gasteiger partial charge in [0.25, 0.3) is 5.91 Å². The molecule has 0 unspecified atom stereocenters. The summed E-state index contributed by atoms with van der Waals surface area (Å²) in [5.74, 6) is 0.302. The van der Waals surface area contributed by atoms with Crippen LogP contribution in [-0.2, 0) is 0 Å². The number of nitrogens with two attached hydrogens (primary N) is 1. The maximum absolute atomic E-state index is 11.6. The maximum atomic E-state index is 11.6. The van der Waals surface area contributed by atoms with E-state index in [4.69, 9.17) is 11.1 Å². The Balaban J connectivity index is 1.88. The van der Waals surface area contributed by atoms with Crippen molar-refractivity contribution in [3.05, 3.63) is 66.0 Å². The lowest BCUT2D eigenvalue weighted by atomic mass is 10.1. The molecule has 3 aromatic rings. The molecular formula is C19H18N6O. The third-order valence-electron chi connectivity index (χ3n) is 3.88. The third-order valence-corrected chi connectivity index (χ3v) is 3.88. The zero-order valence-corrected chi connectivity index (χ0v) is 14.2. The molecule has 1 aromatic heterocycles. The van der Waals surface area contributed by atoms with E-state index in [-0.39, 0.29) is 5.91 Å². The first-order chi connectivity index (χ1) is 12.6. The highest BCUT2D eigenvalue weighted by molar-refractivity contribution is 6.09. The second-order valence-electron chi connectivity index (χ2n) is 5.52. The van der Waals surface area contributed by atoms with Crippen molar-refractivity contribution in [2.75, 3.05) is 12.4 Å². The number of allylic oxidation sites excluding steroid dienone is 1. The van der Waals surface area contributed by atoms with E-state index in [0.29, 0.717) is 17.1 Å². The number of aromatic nitrogens is 2. The Morgan fingerprint density at radius 2 is 1.88 bits per heavy atom. The fourth-order valence-electron chi connectivity index (χ4n) is 2.47. The molecule has 7 nitrogen and oxygen atoms in total. The average molecular weight is 346 g/mol. The molecule has 130 valence electrons. The van der Waals surface area contributed by atoms with E-state index in [0.717, 1.165) is 22.2 Å². The van der Waals surface area contributed by atoms with Crippen LogP contribution in [0.1, 0.15) is 15.9 Å². The summed E-state index contributed by atoms with van der Waals surface area (Å²) in [6.45, 7) is 0. The van der Waals surface area contributed by atoms with Gasteiger partial charge in [-0.3, -0.25) is 4.79 Å². The summed E-state index contributed by atoms with van der Waals surface area (Å²) in [6, 6.07) is 12.7. The smallest absolute Gasteiger partial charge is 0.251 e. The maximum Gasteiger partial charge on any atom is 0.251 e. The first-order valence-corrected chi connectivity index (χ1v) is 7.93. The molecule has 0 aliphatic carbocycles. The van der Waals surface area contributed by atoms with E-state index in [2.05, 4.69) is 20.6 Å². The highest BCUT2D eigenvalue weighted by Crippen LogP contribution is 2.21. The third kappa shape index (κ3) is 3.51. The standard InChI is InChI=1S/C19H18N6O/c1-22-18(26)12-4-6-16(7-5-12)24-19-23-11-14-3-2-13(8-17(14)25-19)15(9-20)10-21/h2-11,20H,21H2,1H3,(H,22,26)(H,23,24,25)/b15-10+,20-9?. The van der Waals surface area contributed by atoms with Crippen LogP contribution in [0.25, 0.3) is 16.5 Å². The number of rotatable bonds is 5. The molecule has 0 saturated heterocycles. The molecule has 1 heterocycles. The van der Waals surface area contributed by atoms with Gasteiger partial charge in [-0.15, -0.1) is 0 Å². The van der Waals surface area contributed by atoms with Gasteiger partial charge in [-0.1, -0.05) is 12.1 Å². The fraction of sp³-hybridized carbons (Fsp3) is 0.0526. The molecule has 2 aromatic carbocycles. The summed E-state index contributed by atoms with van der Waals surface area (Å²) in [5.41, 5.74) is 9.07. The summed E-state index contributed by atoms with van der Waals surface area (Å²) in [6.07, 6.45) is 4.32. The number of anilines is 2. The van der Waals surface area contributed by atoms with Crippen LogP contribution < -0.4 is 16.4 Å². The quantitative estimate of drug-likeness (QED) is 0.530. The van der Waals surface area contributed by atoms with Crippen molar-refractivity contribution in [3.8, 4) is 0 Å². The van der Waals surface area contributed by atoms with E-state index in [1.54, 1.807) is 37.5 Å². The zero-order chi connectivity index (χ0) is 18.5. The number of carbonyl (C=O) groups is 1. The minimum absolute atomic E-state index is 0.138. The van der Waals surface area contributed by atoms with Crippen molar-refractivity contribution in [1.29, 1.82) is 5.41 Å². The van der Waals surface area contributed by atoms with E-state index in [9.17, 15) is 4.79 Å². The number of nitrogens with one attached hydrogen (secondary N) is 3. The van der Waals surface area contributed by atoms with Crippen LogP contribution in [0.15, 0.2) is 54.9 Å². The number of hydrogen-bond donors (Lipinski definition) is 4. The van der Waals surface area contributed by atoms with Crippen molar-refractivity contribution in [2.24, 2.45) is 5.73 Å². The van der Waals surface area contributed by atoms with Crippen LogP contribution >= 0.6 is 0 Å². The lowest BCUT2D eigenvalue weighted by Gasteiger charge is -2.08. The first kappa shape index (κ1) is 17.1. The minimum Gasteiger partial charge on any atom is -0.404 e. The summed E-state index contributed by atoms with van der Waals surface area (Å²) in [4.78, 5) is 20.4. The molecule has 0 aliphatic rings. The molecule has 0 radical (unpaired) electrons. The van der Waals surface area contributed by atoms with Crippen LogP contribution in [0, 0.1) is 5.41 Å². The first-order valence-electron chi connectivity index (χ1n) is 7.93. The van der Waals surface area contributed by atoms with Gasteiger partial charge in [-0.05, 0) is 35.9 Å². The number of fused-ring (bicyclic) bond motifs is 1. The van der Waals surface area contributed by atoms with E-state index < -0.39 is 0 Å². The molecule has 1 amide bonds. The molecule has 5 N–H and O–H groups in total. The van der Waals surface area contributed by atoms with Crippen molar-refractivity contribution in [3.63, 3.8) is 0 Å².